The number of aryl methyl sites for hydroxylation is 1. The van der Waals surface area contributed by atoms with E-state index in [1.54, 1.807) is 41.6 Å². The molecular weight excluding hydrogens is 480 g/mol. The maximum absolute atomic E-state index is 13.5. The van der Waals surface area contributed by atoms with E-state index in [-0.39, 0.29) is 17.2 Å². The summed E-state index contributed by atoms with van der Waals surface area (Å²) in [5.74, 6) is 0.908. The van der Waals surface area contributed by atoms with Crippen LogP contribution in [0.2, 0.25) is 0 Å². The molecule has 0 fully saturated rings. The molecule has 36 heavy (non-hydrogen) atoms. The summed E-state index contributed by atoms with van der Waals surface area (Å²) in [6.07, 6.45) is 1.91. The normalized spacial score (nSPS) is 11.0. The lowest BCUT2D eigenvalue weighted by Crippen LogP contribution is -2.27. The van der Waals surface area contributed by atoms with Gasteiger partial charge < -0.3 is 24.1 Å². The molecule has 4 rings (SSSR count). The highest BCUT2D eigenvalue weighted by atomic mass is 32.2. The highest BCUT2D eigenvalue weighted by Gasteiger charge is 2.19. The second kappa shape index (κ2) is 11.3. The summed E-state index contributed by atoms with van der Waals surface area (Å²) in [4.78, 5) is 31.1. The van der Waals surface area contributed by atoms with Crippen molar-refractivity contribution in [2.45, 2.75) is 11.7 Å². The van der Waals surface area contributed by atoms with Gasteiger partial charge in [0, 0.05) is 37.7 Å². The van der Waals surface area contributed by atoms with Crippen molar-refractivity contribution >= 4 is 34.4 Å². The van der Waals surface area contributed by atoms with Crippen LogP contribution in [0.5, 0.6) is 11.5 Å². The van der Waals surface area contributed by atoms with Crippen molar-refractivity contribution in [3.63, 3.8) is 0 Å². The van der Waals surface area contributed by atoms with Crippen LogP contribution in [0.3, 0.4) is 0 Å². The summed E-state index contributed by atoms with van der Waals surface area (Å²) in [7, 11) is 6.50. The van der Waals surface area contributed by atoms with E-state index >= 15 is 0 Å². The summed E-state index contributed by atoms with van der Waals surface area (Å²) in [6, 6.07) is 14.9. The van der Waals surface area contributed by atoms with E-state index in [2.05, 4.69) is 5.32 Å². The van der Waals surface area contributed by atoms with Crippen molar-refractivity contribution in [3.8, 4) is 22.6 Å². The Hall–Kier alpha value is -3.76. The Balaban J connectivity index is 1.64. The summed E-state index contributed by atoms with van der Waals surface area (Å²) < 4.78 is 19.1. The molecule has 10 heteroatoms. The summed E-state index contributed by atoms with van der Waals surface area (Å²) >= 11 is 1.20. The van der Waals surface area contributed by atoms with Gasteiger partial charge in [0.2, 0.25) is 5.91 Å². The first-order chi connectivity index (χ1) is 17.5. The Morgan fingerprint density at radius 1 is 1.06 bits per heavy atom. The number of rotatable bonds is 10. The van der Waals surface area contributed by atoms with E-state index in [1.807, 2.05) is 43.6 Å². The van der Waals surface area contributed by atoms with Gasteiger partial charge in [-0.25, -0.2) is 4.98 Å². The molecule has 9 nitrogen and oxygen atoms in total. The molecule has 0 aliphatic heterocycles. The molecule has 0 saturated heterocycles. The lowest BCUT2D eigenvalue weighted by atomic mass is 10.1. The maximum Gasteiger partial charge on any atom is 0.278 e. The fourth-order valence-corrected chi connectivity index (χ4v) is 4.73. The molecule has 2 heterocycles. The van der Waals surface area contributed by atoms with Gasteiger partial charge in [0.1, 0.15) is 11.0 Å². The fourth-order valence-electron chi connectivity index (χ4n) is 3.91. The molecule has 0 atom stereocenters. The molecule has 4 aromatic rings. The number of nitrogens with one attached hydrogen (secondary N) is 1. The van der Waals surface area contributed by atoms with Crippen LogP contribution in [0.25, 0.3) is 22.2 Å². The number of methoxy groups -OCH3 is 3. The van der Waals surface area contributed by atoms with Gasteiger partial charge in [0.15, 0.2) is 16.7 Å². The standard InChI is InChI=1S/C26H28N4O5S/c1-29-15-19(17-8-6-5-7-9-17)23-24(29)25(32)30(12-13-33-2)26(28-23)36-16-22(31)27-18-10-11-20(34-3)21(14-18)35-4/h5-11,14-15H,12-13,16H2,1-4H3,(H,27,31). The average molecular weight is 509 g/mol. The highest BCUT2D eigenvalue weighted by Crippen LogP contribution is 2.31. The van der Waals surface area contributed by atoms with Crippen LogP contribution in [0.15, 0.2) is 64.7 Å². The third kappa shape index (κ3) is 5.24. The van der Waals surface area contributed by atoms with Crippen molar-refractivity contribution in [3.05, 3.63) is 65.1 Å². The first-order valence-corrected chi connectivity index (χ1v) is 12.2. The Labute approximate surface area is 213 Å². The number of anilines is 1. The largest absolute Gasteiger partial charge is 0.493 e. The van der Waals surface area contributed by atoms with Crippen molar-refractivity contribution in [1.82, 2.24) is 14.1 Å². The van der Waals surface area contributed by atoms with Gasteiger partial charge in [-0.1, -0.05) is 42.1 Å². The fraction of sp³-hybridized carbons (Fsp3) is 0.269. The van der Waals surface area contributed by atoms with Crippen LogP contribution in [0, 0.1) is 0 Å². The summed E-state index contributed by atoms with van der Waals surface area (Å²) in [6.45, 7) is 0.665. The molecular formula is C26H28N4O5S. The zero-order chi connectivity index (χ0) is 25.7. The van der Waals surface area contributed by atoms with Crippen LogP contribution in [-0.4, -0.2) is 53.7 Å². The smallest absolute Gasteiger partial charge is 0.278 e. The number of nitrogens with zero attached hydrogens (tertiary/aromatic N) is 3. The molecule has 1 N–H and O–H groups in total. The zero-order valence-electron chi connectivity index (χ0n) is 20.6. The first-order valence-electron chi connectivity index (χ1n) is 11.3. The molecule has 0 unspecified atom stereocenters. The quantitative estimate of drug-likeness (QED) is 0.257. The second-order valence-electron chi connectivity index (χ2n) is 7.97. The molecule has 0 bridgehead atoms. The lowest BCUT2D eigenvalue weighted by Gasteiger charge is -2.13. The molecule has 0 radical (unpaired) electrons. The minimum absolute atomic E-state index is 0.0623. The van der Waals surface area contributed by atoms with E-state index in [1.165, 1.54) is 18.9 Å². The second-order valence-corrected chi connectivity index (χ2v) is 8.91. The van der Waals surface area contributed by atoms with E-state index in [0.717, 1.165) is 11.1 Å². The molecule has 0 saturated carbocycles. The number of aromatic nitrogens is 3. The molecule has 0 aliphatic rings. The third-order valence-electron chi connectivity index (χ3n) is 5.64. The van der Waals surface area contributed by atoms with E-state index in [4.69, 9.17) is 19.2 Å². The van der Waals surface area contributed by atoms with E-state index in [0.29, 0.717) is 46.5 Å². The number of carbonyl (C=O) groups is 1. The number of ether oxygens (including phenoxy) is 3. The molecule has 2 aromatic heterocycles. The average Bonchev–Trinajstić information content (AvgIpc) is 3.23. The third-order valence-corrected chi connectivity index (χ3v) is 6.62. The minimum atomic E-state index is -0.240. The number of carbonyl (C=O) groups excluding carboxylic acids is 1. The molecule has 0 spiro atoms. The zero-order valence-corrected chi connectivity index (χ0v) is 21.4. The minimum Gasteiger partial charge on any atom is -0.493 e. The van der Waals surface area contributed by atoms with Crippen molar-refractivity contribution in [2.24, 2.45) is 7.05 Å². The Morgan fingerprint density at radius 2 is 1.81 bits per heavy atom. The van der Waals surface area contributed by atoms with Gasteiger partial charge >= 0.3 is 0 Å². The van der Waals surface area contributed by atoms with Crippen LogP contribution >= 0.6 is 11.8 Å². The molecule has 2 aromatic carbocycles. The predicted octanol–water partition coefficient (Wildman–Crippen LogP) is 3.80. The van der Waals surface area contributed by atoms with Gasteiger partial charge in [0.05, 0.1) is 33.1 Å². The maximum atomic E-state index is 13.5. The number of hydrogen-bond acceptors (Lipinski definition) is 7. The van der Waals surface area contributed by atoms with Crippen LogP contribution in [0.4, 0.5) is 5.69 Å². The van der Waals surface area contributed by atoms with Crippen LogP contribution < -0.4 is 20.3 Å². The lowest BCUT2D eigenvalue weighted by molar-refractivity contribution is -0.113. The molecule has 0 aliphatic carbocycles. The van der Waals surface area contributed by atoms with Crippen LogP contribution in [0.1, 0.15) is 0 Å². The monoisotopic (exact) mass is 508 g/mol. The topological polar surface area (TPSA) is 96.6 Å². The van der Waals surface area contributed by atoms with Crippen molar-refractivity contribution in [2.75, 3.05) is 39.0 Å². The molecule has 1 amide bonds. The van der Waals surface area contributed by atoms with Gasteiger partial charge in [-0.2, -0.15) is 0 Å². The van der Waals surface area contributed by atoms with Gasteiger partial charge in [-0.05, 0) is 17.7 Å². The van der Waals surface area contributed by atoms with Gasteiger partial charge in [-0.15, -0.1) is 0 Å². The Kier molecular flexibility index (Phi) is 7.97. The van der Waals surface area contributed by atoms with E-state index < -0.39 is 0 Å². The summed E-state index contributed by atoms with van der Waals surface area (Å²) in [5, 5.41) is 3.31. The van der Waals surface area contributed by atoms with Gasteiger partial charge in [-0.3, -0.25) is 14.2 Å². The van der Waals surface area contributed by atoms with Crippen LogP contribution in [-0.2, 0) is 23.1 Å². The SMILES string of the molecule is COCCn1c(SCC(=O)Nc2ccc(OC)c(OC)c2)nc2c(-c3ccccc3)cn(C)c2c1=O. The van der Waals surface area contributed by atoms with E-state index in [9.17, 15) is 9.59 Å². The number of benzene rings is 2. The van der Waals surface area contributed by atoms with Crippen molar-refractivity contribution < 1.29 is 19.0 Å². The number of hydrogen-bond donors (Lipinski definition) is 1. The number of fused-ring (bicyclic) bond motifs is 1. The number of thioether (sulfide) groups is 1. The summed E-state index contributed by atoms with van der Waals surface area (Å²) in [5.41, 5.74) is 3.33. The Bertz CT molecular complexity index is 1430. The number of amides is 1. The van der Waals surface area contributed by atoms with Crippen molar-refractivity contribution in [1.29, 1.82) is 0 Å². The first kappa shape index (κ1) is 25.3. The highest BCUT2D eigenvalue weighted by molar-refractivity contribution is 7.99. The Morgan fingerprint density at radius 3 is 2.50 bits per heavy atom. The predicted molar refractivity (Wildman–Crippen MR) is 141 cm³/mol. The molecule has 188 valence electrons. The van der Waals surface area contributed by atoms with Gasteiger partial charge in [0.25, 0.3) is 5.56 Å².